The van der Waals surface area contributed by atoms with Crippen molar-refractivity contribution in [1.82, 2.24) is 4.90 Å². The van der Waals surface area contributed by atoms with Gasteiger partial charge in [-0.25, -0.2) is 12.8 Å². The minimum absolute atomic E-state index is 0. The first kappa shape index (κ1) is 13.1. The van der Waals surface area contributed by atoms with E-state index in [-0.39, 0.29) is 32.7 Å². The van der Waals surface area contributed by atoms with E-state index in [1.54, 1.807) is 0 Å². The van der Waals surface area contributed by atoms with Gasteiger partial charge in [0, 0.05) is 0 Å². The fraction of sp³-hybridized carbons (Fsp3) is 0.700. The molecule has 1 nitrogen and oxygen atoms in total. The number of likely N-dealkylation sites (tertiary alicyclic amines) is 1. The van der Waals surface area contributed by atoms with E-state index in [2.05, 4.69) is 32.2 Å². The maximum absolute atomic E-state index is 4.13. The molecule has 0 spiro atoms. The van der Waals surface area contributed by atoms with E-state index in [0.717, 1.165) is 19.4 Å². The Morgan fingerprint density at radius 3 is 2.58 bits per heavy atom. The van der Waals surface area contributed by atoms with Crippen molar-refractivity contribution in [1.29, 1.82) is 0 Å². The van der Waals surface area contributed by atoms with Crippen LogP contribution in [0.4, 0.5) is 0 Å². The summed E-state index contributed by atoms with van der Waals surface area (Å²) >= 11 is 0. The third kappa shape index (κ3) is 3.85. The van der Waals surface area contributed by atoms with E-state index >= 15 is 0 Å². The molecule has 1 heterocycles. The van der Waals surface area contributed by atoms with Gasteiger partial charge in [-0.2, -0.15) is 11.8 Å². The Balaban J connectivity index is 0.00000121. The van der Waals surface area contributed by atoms with Crippen molar-refractivity contribution in [2.75, 3.05) is 20.1 Å². The fourth-order valence-corrected chi connectivity index (χ4v) is 1.72. The van der Waals surface area contributed by atoms with Crippen molar-refractivity contribution in [2.45, 2.75) is 12.8 Å². The molecule has 0 aromatic carbocycles. The molecule has 0 amide bonds. The molecule has 2 unspecified atom stereocenters. The summed E-state index contributed by atoms with van der Waals surface area (Å²) in [6.45, 7) is 10.3. The molecule has 2 atom stereocenters. The molecule has 1 aliphatic heterocycles. The number of unbranched alkanes of at least 4 members (excludes halogenated alkanes) is 1. The van der Waals surface area contributed by atoms with Gasteiger partial charge in [0.1, 0.15) is 0 Å². The van der Waals surface area contributed by atoms with Crippen LogP contribution in [0.1, 0.15) is 12.8 Å². The number of nitrogens with zero attached hydrogens (tertiary/aromatic N) is 1. The van der Waals surface area contributed by atoms with E-state index in [0.29, 0.717) is 11.8 Å². The van der Waals surface area contributed by atoms with Crippen molar-refractivity contribution in [3.8, 4) is 0 Å². The summed E-state index contributed by atoms with van der Waals surface area (Å²) < 4.78 is 0. The standard InChI is InChI=1S/C10H18N.Y/c1-4-5-6-10-8-11(3)7-9(10)2;/h6,9-10H,1-2,4-5,7-8H2,3H3;/q-3;+3. The maximum atomic E-state index is 4.13. The predicted molar refractivity (Wildman–Crippen MR) is 48.7 cm³/mol. The minimum atomic E-state index is 0. The molecular formula is C10H18NY. The zero-order valence-corrected chi connectivity index (χ0v) is 10.8. The van der Waals surface area contributed by atoms with E-state index in [1.807, 2.05) is 0 Å². The molecule has 1 rings (SSSR count). The first-order valence-corrected chi connectivity index (χ1v) is 4.38. The van der Waals surface area contributed by atoms with Gasteiger partial charge in [0.25, 0.3) is 0 Å². The van der Waals surface area contributed by atoms with Crippen LogP contribution in [0.2, 0.25) is 0 Å². The van der Waals surface area contributed by atoms with Crippen LogP contribution in [-0.2, 0) is 32.7 Å². The van der Waals surface area contributed by atoms with Crippen LogP contribution in [-0.4, -0.2) is 25.0 Å². The van der Waals surface area contributed by atoms with Gasteiger partial charge in [-0.15, -0.1) is 0 Å². The SMILES string of the molecule is [CH2-]CC[CH-]C1CN(C)CC1[CH2-].[Y+3]. The van der Waals surface area contributed by atoms with Crippen LogP contribution in [0.5, 0.6) is 0 Å². The smallest absolute Gasteiger partial charge is 0.346 e. The number of hydrogen-bond acceptors (Lipinski definition) is 1. The fourth-order valence-electron chi connectivity index (χ4n) is 1.72. The normalized spacial score (nSPS) is 30.2. The average Bonchev–Trinajstić information content (AvgIpc) is 2.26. The van der Waals surface area contributed by atoms with Crippen LogP contribution in [0, 0.1) is 32.1 Å². The molecule has 0 bridgehead atoms. The van der Waals surface area contributed by atoms with E-state index in [9.17, 15) is 0 Å². The summed E-state index contributed by atoms with van der Waals surface area (Å²) in [4.78, 5) is 2.35. The molecule has 0 aliphatic carbocycles. The Bertz CT molecular complexity index is 116. The summed E-state index contributed by atoms with van der Waals surface area (Å²) in [5, 5.41) is 0. The zero-order valence-electron chi connectivity index (χ0n) is 8.00. The Morgan fingerprint density at radius 1 is 1.50 bits per heavy atom. The Labute approximate surface area is 102 Å². The first-order chi connectivity index (χ1) is 5.24. The van der Waals surface area contributed by atoms with Crippen LogP contribution in [0.25, 0.3) is 0 Å². The van der Waals surface area contributed by atoms with E-state index < -0.39 is 0 Å². The van der Waals surface area contributed by atoms with Crippen LogP contribution in [0.15, 0.2) is 0 Å². The summed E-state index contributed by atoms with van der Waals surface area (Å²) in [6.07, 6.45) is 4.55. The van der Waals surface area contributed by atoms with Gasteiger partial charge in [-0.1, -0.05) is 0 Å². The minimum Gasteiger partial charge on any atom is -0.346 e. The molecule has 0 saturated carbocycles. The summed E-state index contributed by atoms with van der Waals surface area (Å²) in [5.74, 6) is 1.31. The third-order valence-corrected chi connectivity index (χ3v) is 2.35. The number of hydrogen-bond donors (Lipinski definition) is 0. The van der Waals surface area contributed by atoms with Gasteiger partial charge in [0.15, 0.2) is 0 Å². The molecule has 2 heteroatoms. The Morgan fingerprint density at radius 2 is 2.17 bits per heavy atom. The Kier molecular flexibility index (Phi) is 7.08. The molecule has 0 radical (unpaired) electrons. The zero-order chi connectivity index (χ0) is 8.27. The number of rotatable bonds is 3. The third-order valence-electron chi connectivity index (χ3n) is 2.35. The quantitative estimate of drug-likeness (QED) is 0.681. The summed E-state index contributed by atoms with van der Waals surface area (Å²) in [6, 6.07) is 0. The maximum Gasteiger partial charge on any atom is 3.00 e. The molecule has 1 aliphatic rings. The topological polar surface area (TPSA) is 3.24 Å². The first-order valence-electron chi connectivity index (χ1n) is 4.38. The Hall–Kier alpha value is 1.06. The van der Waals surface area contributed by atoms with Gasteiger partial charge in [-0.05, 0) is 20.1 Å². The van der Waals surface area contributed by atoms with Crippen molar-refractivity contribution in [3.63, 3.8) is 0 Å². The van der Waals surface area contributed by atoms with Crippen molar-refractivity contribution in [3.05, 3.63) is 20.3 Å². The monoisotopic (exact) mass is 241 g/mol. The molecular weight excluding hydrogens is 223 g/mol. The average molecular weight is 241 g/mol. The van der Waals surface area contributed by atoms with Gasteiger partial charge < -0.3 is 25.2 Å². The second kappa shape index (κ2) is 6.51. The van der Waals surface area contributed by atoms with Crippen molar-refractivity contribution >= 4 is 0 Å². The van der Waals surface area contributed by atoms with Crippen LogP contribution >= 0.6 is 0 Å². The molecule has 66 valence electrons. The molecule has 1 saturated heterocycles. The predicted octanol–water partition coefficient (Wildman–Crippen LogP) is 1.81. The van der Waals surface area contributed by atoms with E-state index in [1.165, 1.54) is 6.54 Å². The molecule has 0 N–H and O–H groups in total. The van der Waals surface area contributed by atoms with Crippen LogP contribution in [0.3, 0.4) is 0 Å². The van der Waals surface area contributed by atoms with Crippen LogP contribution < -0.4 is 0 Å². The van der Waals surface area contributed by atoms with Gasteiger partial charge >= 0.3 is 32.7 Å². The largest absolute Gasteiger partial charge is 3.00 e. The molecule has 12 heavy (non-hydrogen) atoms. The second-order valence-electron chi connectivity index (χ2n) is 3.52. The van der Waals surface area contributed by atoms with Gasteiger partial charge in [-0.3, -0.25) is 0 Å². The molecule has 0 aromatic heterocycles. The molecule has 1 fully saturated rings. The summed E-state index contributed by atoms with van der Waals surface area (Å²) in [7, 11) is 2.16. The van der Waals surface area contributed by atoms with E-state index in [4.69, 9.17) is 0 Å². The van der Waals surface area contributed by atoms with Crippen molar-refractivity contribution < 1.29 is 32.7 Å². The van der Waals surface area contributed by atoms with Crippen molar-refractivity contribution in [2.24, 2.45) is 11.8 Å². The van der Waals surface area contributed by atoms with Gasteiger partial charge in [0.05, 0.1) is 0 Å². The second-order valence-corrected chi connectivity index (χ2v) is 3.52. The summed E-state index contributed by atoms with van der Waals surface area (Å²) in [5.41, 5.74) is 0. The molecule has 0 aromatic rings. The van der Waals surface area contributed by atoms with Gasteiger partial charge in [0.2, 0.25) is 0 Å².